The molecule has 1 aliphatic rings. The number of hydrogen-bond acceptors (Lipinski definition) is 6. The SMILES string of the molecule is Cc1nnc(NC(=O)C[C@@H]2NC(=O)c3ccccc3NC2=O)s1. The summed E-state index contributed by atoms with van der Waals surface area (Å²) in [6, 6.07) is 5.72. The third kappa shape index (κ3) is 3.34. The van der Waals surface area contributed by atoms with Gasteiger partial charge in [0.25, 0.3) is 5.91 Å². The molecule has 1 aliphatic heterocycles. The molecule has 2 heterocycles. The van der Waals surface area contributed by atoms with Gasteiger partial charge in [-0.25, -0.2) is 0 Å². The van der Waals surface area contributed by atoms with E-state index in [0.717, 1.165) is 5.01 Å². The minimum atomic E-state index is -0.955. The summed E-state index contributed by atoms with van der Waals surface area (Å²) in [5.41, 5.74) is 0.793. The third-order valence-electron chi connectivity index (χ3n) is 3.21. The van der Waals surface area contributed by atoms with E-state index < -0.39 is 23.8 Å². The average molecular weight is 331 g/mol. The molecule has 3 amide bonds. The van der Waals surface area contributed by atoms with Gasteiger partial charge in [-0.05, 0) is 19.1 Å². The van der Waals surface area contributed by atoms with E-state index in [-0.39, 0.29) is 6.42 Å². The number of nitrogens with one attached hydrogen (secondary N) is 3. The predicted molar refractivity (Wildman–Crippen MR) is 84.2 cm³/mol. The van der Waals surface area contributed by atoms with E-state index in [9.17, 15) is 14.4 Å². The third-order valence-corrected chi connectivity index (χ3v) is 3.97. The van der Waals surface area contributed by atoms with Crippen molar-refractivity contribution in [3.63, 3.8) is 0 Å². The van der Waals surface area contributed by atoms with Gasteiger partial charge in [-0.15, -0.1) is 10.2 Å². The lowest BCUT2D eigenvalue weighted by atomic mass is 10.1. The second-order valence-corrected chi connectivity index (χ2v) is 6.12. The molecule has 0 saturated carbocycles. The van der Waals surface area contributed by atoms with Gasteiger partial charge >= 0.3 is 0 Å². The van der Waals surface area contributed by atoms with Gasteiger partial charge in [-0.1, -0.05) is 23.5 Å². The number of hydrogen-bond donors (Lipinski definition) is 3. The summed E-state index contributed by atoms with van der Waals surface area (Å²) in [5, 5.41) is 16.4. The van der Waals surface area contributed by atoms with E-state index in [1.165, 1.54) is 11.3 Å². The smallest absolute Gasteiger partial charge is 0.254 e. The van der Waals surface area contributed by atoms with Crippen LogP contribution < -0.4 is 16.0 Å². The summed E-state index contributed by atoms with van der Waals surface area (Å²) in [6.07, 6.45) is -0.190. The van der Waals surface area contributed by atoms with Crippen molar-refractivity contribution in [3.05, 3.63) is 34.8 Å². The highest BCUT2D eigenvalue weighted by molar-refractivity contribution is 7.15. The topological polar surface area (TPSA) is 113 Å². The zero-order chi connectivity index (χ0) is 16.4. The van der Waals surface area contributed by atoms with Crippen LogP contribution in [0.1, 0.15) is 21.8 Å². The molecule has 3 N–H and O–H groups in total. The maximum atomic E-state index is 12.2. The summed E-state index contributed by atoms with van der Waals surface area (Å²) < 4.78 is 0. The maximum absolute atomic E-state index is 12.2. The Balaban J connectivity index is 1.70. The van der Waals surface area contributed by atoms with Crippen LogP contribution in [0.15, 0.2) is 24.3 Å². The zero-order valence-electron chi connectivity index (χ0n) is 12.1. The molecule has 3 rings (SSSR count). The van der Waals surface area contributed by atoms with Gasteiger partial charge < -0.3 is 16.0 Å². The van der Waals surface area contributed by atoms with E-state index in [1.54, 1.807) is 31.2 Å². The molecule has 1 aromatic carbocycles. The Morgan fingerprint density at radius 2 is 2.09 bits per heavy atom. The Hall–Kier alpha value is -2.81. The molecule has 23 heavy (non-hydrogen) atoms. The van der Waals surface area contributed by atoms with Crippen molar-refractivity contribution in [1.82, 2.24) is 15.5 Å². The highest BCUT2D eigenvalue weighted by Crippen LogP contribution is 2.19. The first kappa shape index (κ1) is 15.1. The number of para-hydroxylation sites is 1. The standard InChI is InChI=1S/C14H13N5O3S/c1-7-18-19-14(23-7)17-11(20)6-10-13(22)15-9-5-3-2-4-8(9)12(21)16-10/h2-5,10H,6H2,1H3,(H,15,22)(H,16,21)(H,17,19,20)/t10-/m0/s1. The molecule has 0 spiro atoms. The highest BCUT2D eigenvalue weighted by atomic mass is 32.1. The molecule has 0 radical (unpaired) electrons. The van der Waals surface area contributed by atoms with Crippen LogP contribution >= 0.6 is 11.3 Å². The Morgan fingerprint density at radius 1 is 1.30 bits per heavy atom. The fourth-order valence-electron chi connectivity index (χ4n) is 2.16. The lowest BCUT2D eigenvalue weighted by Crippen LogP contribution is -2.43. The van der Waals surface area contributed by atoms with Crippen molar-refractivity contribution in [3.8, 4) is 0 Å². The molecule has 0 bridgehead atoms. The molecular weight excluding hydrogens is 318 g/mol. The monoisotopic (exact) mass is 331 g/mol. The lowest BCUT2D eigenvalue weighted by molar-refractivity contribution is -0.122. The second-order valence-electron chi connectivity index (χ2n) is 4.94. The predicted octanol–water partition coefficient (Wildman–Crippen LogP) is 0.926. The van der Waals surface area contributed by atoms with Crippen LogP contribution in [0.5, 0.6) is 0 Å². The van der Waals surface area contributed by atoms with Gasteiger partial charge in [-0.2, -0.15) is 0 Å². The Kier molecular flexibility index (Phi) is 4.02. The van der Waals surface area contributed by atoms with E-state index >= 15 is 0 Å². The molecule has 8 nitrogen and oxygen atoms in total. The molecule has 0 fully saturated rings. The van der Waals surface area contributed by atoms with Crippen molar-refractivity contribution in [1.29, 1.82) is 0 Å². The lowest BCUT2D eigenvalue weighted by Gasteiger charge is -2.13. The second kappa shape index (κ2) is 6.13. The number of anilines is 2. The number of aromatic nitrogens is 2. The fourth-order valence-corrected chi connectivity index (χ4v) is 2.77. The van der Waals surface area contributed by atoms with E-state index in [2.05, 4.69) is 26.1 Å². The number of fused-ring (bicyclic) bond motifs is 1. The van der Waals surface area contributed by atoms with Crippen LogP contribution in [-0.4, -0.2) is 34.0 Å². The molecule has 1 aromatic heterocycles. The summed E-state index contributed by atoms with van der Waals surface area (Å²) >= 11 is 1.23. The average Bonchev–Trinajstić information content (AvgIpc) is 2.86. The van der Waals surface area contributed by atoms with E-state index in [4.69, 9.17) is 0 Å². The van der Waals surface area contributed by atoms with Gasteiger partial charge in [0.15, 0.2) is 0 Å². The van der Waals surface area contributed by atoms with Crippen LogP contribution in [0.4, 0.5) is 10.8 Å². The zero-order valence-corrected chi connectivity index (χ0v) is 12.9. The number of rotatable bonds is 3. The highest BCUT2D eigenvalue weighted by Gasteiger charge is 2.29. The van der Waals surface area contributed by atoms with E-state index in [1.807, 2.05) is 0 Å². The number of nitrogens with zero attached hydrogens (tertiary/aromatic N) is 2. The van der Waals surface area contributed by atoms with Crippen molar-refractivity contribution >= 4 is 39.9 Å². The number of carbonyl (C=O) groups is 3. The van der Waals surface area contributed by atoms with E-state index in [0.29, 0.717) is 16.4 Å². The van der Waals surface area contributed by atoms with Crippen LogP contribution in [0.25, 0.3) is 0 Å². The largest absolute Gasteiger partial charge is 0.340 e. The Morgan fingerprint density at radius 3 is 2.83 bits per heavy atom. The molecule has 118 valence electrons. The molecule has 1 atom stereocenters. The number of aryl methyl sites for hydroxylation is 1. The van der Waals surface area contributed by atoms with Crippen molar-refractivity contribution < 1.29 is 14.4 Å². The first-order valence-corrected chi connectivity index (χ1v) is 7.65. The summed E-state index contributed by atoms with van der Waals surface area (Å²) in [7, 11) is 0. The minimum Gasteiger partial charge on any atom is -0.340 e. The first-order chi connectivity index (χ1) is 11.0. The van der Waals surface area contributed by atoms with Crippen molar-refractivity contribution in [2.45, 2.75) is 19.4 Å². The van der Waals surface area contributed by atoms with Gasteiger partial charge in [0.2, 0.25) is 16.9 Å². The Labute approximate surface area is 135 Å². The molecule has 0 saturated heterocycles. The van der Waals surface area contributed by atoms with Crippen molar-refractivity contribution in [2.75, 3.05) is 10.6 Å². The number of carbonyl (C=O) groups excluding carboxylic acids is 3. The Bertz CT molecular complexity index is 788. The van der Waals surface area contributed by atoms with Crippen LogP contribution in [0.2, 0.25) is 0 Å². The molecule has 0 aliphatic carbocycles. The van der Waals surface area contributed by atoms with Gasteiger partial charge in [0.1, 0.15) is 11.0 Å². The summed E-state index contributed by atoms with van der Waals surface area (Å²) in [6.45, 7) is 1.77. The van der Waals surface area contributed by atoms with Crippen molar-refractivity contribution in [2.24, 2.45) is 0 Å². The van der Waals surface area contributed by atoms with Gasteiger partial charge in [0, 0.05) is 0 Å². The normalized spacial score (nSPS) is 16.8. The molecular formula is C14H13N5O3S. The maximum Gasteiger partial charge on any atom is 0.254 e. The van der Waals surface area contributed by atoms with Gasteiger partial charge in [-0.3, -0.25) is 14.4 Å². The fraction of sp³-hybridized carbons (Fsp3) is 0.214. The van der Waals surface area contributed by atoms with Crippen LogP contribution in [0, 0.1) is 6.92 Å². The number of benzene rings is 1. The van der Waals surface area contributed by atoms with Gasteiger partial charge in [0.05, 0.1) is 17.7 Å². The van der Waals surface area contributed by atoms with Crippen LogP contribution in [-0.2, 0) is 9.59 Å². The first-order valence-electron chi connectivity index (χ1n) is 6.83. The molecule has 0 unspecified atom stereocenters. The summed E-state index contributed by atoms with van der Waals surface area (Å²) in [5.74, 6) is -1.26. The minimum absolute atomic E-state index is 0.190. The quantitative estimate of drug-likeness (QED) is 0.774. The molecule has 2 aromatic rings. The molecule has 9 heteroatoms. The van der Waals surface area contributed by atoms with Crippen LogP contribution in [0.3, 0.4) is 0 Å². The summed E-state index contributed by atoms with van der Waals surface area (Å²) in [4.78, 5) is 36.4. The number of amides is 3.